The zero-order chi connectivity index (χ0) is 18.8. The van der Waals surface area contributed by atoms with Gasteiger partial charge in [-0.2, -0.15) is 0 Å². The largest absolute Gasteiger partial charge is 0.497 e. The van der Waals surface area contributed by atoms with Crippen LogP contribution < -0.4 is 20.6 Å². The maximum Gasteiger partial charge on any atom is 0.255 e. The molecule has 26 heavy (non-hydrogen) atoms. The summed E-state index contributed by atoms with van der Waals surface area (Å²) in [6.07, 6.45) is 0. The number of primary amides is 1. The first kappa shape index (κ1) is 17.8. The molecule has 0 saturated carbocycles. The van der Waals surface area contributed by atoms with E-state index in [4.69, 9.17) is 31.2 Å². The van der Waals surface area contributed by atoms with Gasteiger partial charge < -0.3 is 19.6 Å². The molecule has 7 heteroatoms. The quantitative estimate of drug-likeness (QED) is 0.740. The minimum atomic E-state index is -0.702. The topological polar surface area (TPSA) is 91.8 Å². The molecule has 2 N–H and O–H groups in total. The second-order valence-electron chi connectivity index (χ2n) is 5.67. The van der Waals surface area contributed by atoms with Crippen LogP contribution in [0.5, 0.6) is 11.5 Å². The predicted octanol–water partition coefficient (Wildman–Crippen LogP) is 3.29. The number of amides is 1. The fourth-order valence-corrected chi connectivity index (χ4v) is 2.67. The Kier molecular flexibility index (Phi) is 4.86. The number of methoxy groups -OCH3 is 1. The molecule has 0 fully saturated rings. The fraction of sp³-hybridized carbons (Fsp3) is 0.158. The zero-order valence-electron chi connectivity index (χ0n) is 14.2. The number of hydrogen-bond donors (Lipinski definition) is 1. The zero-order valence-corrected chi connectivity index (χ0v) is 14.9. The number of benzene rings is 2. The molecule has 1 heterocycles. The number of hydrogen-bond acceptors (Lipinski definition) is 5. The molecule has 1 aromatic heterocycles. The third-order valence-electron chi connectivity index (χ3n) is 3.84. The summed E-state index contributed by atoms with van der Waals surface area (Å²) in [7, 11) is 1.55. The van der Waals surface area contributed by atoms with Crippen molar-refractivity contribution in [2.24, 2.45) is 5.73 Å². The van der Waals surface area contributed by atoms with E-state index in [1.165, 1.54) is 6.07 Å². The molecular formula is C19H16ClNO5. The van der Waals surface area contributed by atoms with Gasteiger partial charge >= 0.3 is 0 Å². The summed E-state index contributed by atoms with van der Waals surface area (Å²) in [5.74, 6) is 0.0562. The molecule has 0 bridgehead atoms. The van der Waals surface area contributed by atoms with Crippen molar-refractivity contribution in [1.29, 1.82) is 0 Å². The number of fused-ring (bicyclic) bond motifs is 1. The van der Waals surface area contributed by atoms with E-state index in [0.29, 0.717) is 21.9 Å². The summed E-state index contributed by atoms with van der Waals surface area (Å²) in [5.41, 5.74) is 6.44. The third kappa shape index (κ3) is 3.36. The van der Waals surface area contributed by atoms with Crippen LogP contribution in [0.15, 0.2) is 45.6 Å². The average Bonchev–Trinajstić information content (AvgIpc) is 2.62. The highest BCUT2D eigenvalue weighted by molar-refractivity contribution is 6.32. The summed E-state index contributed by atoms with van der Waals surface area (Å²) >= 11 is 6.12. The van der Waals surface area contributed by atoms with Crippen LogP contribution in [0, 0.1) is 6.92 Å². The second kappa shape index (κ2) is 7.09. The van der Waals surface area contributed by atoms with E-state index in [-0.39, 0.29) is 16.9 Å². The van der Waals surface area contributed by atoms with Gasteiger partial charge in [-0.05, 0) is 48.9 Å². The normalized spacial score (nSPS) is 10.7. The lowest BCUT2D eigenvalue weighted by Gasteiger charge is -2.12. The number of halogens is 1. The molecular weight excluding hydrogens is 358 g/mol. The predicted molar refractivity (Wildman–Crippen MR) is 98.9 cm³/mol. The van der Waals surface area contributed by atoms with Gasteiger partial charge in [-0.3, -0.25) is 9.59 Å². The molecule has 0 radical (unpaired) electrons. The Bertz CT molecular complexity index is 1040. The summed E-state index contributed by atoms with van der Waals surface area (Å²) in [5, 5.41) is 0.695. The first-order valence-electron chi connectivity index (χ1n) is 7.73. The fourth-order valence-electron chi connectivity index (χ4n) is 2.51. The maximum absolute atomic E-state index is 12.9. The molecule has 0 aliphatic carbocycles. The van der Waals surface area contributed by atoms with Gasteiger partial charge in [0.1, 0.15) is 11.3 Å². The maximum atomic E-state index is 12.9. The minimum Gasteiger partial charge on any atom is -0.497 e. The van der Waals surface area contributed by atoms with Crippen molar-refractivity contribution in [3.8, 4) is 22.8 Å². The van der Waals surface area contributed by atoms with Crippen molar-refractivity contribution >= 4 is 28.5 Å². The van der Waals surface area contributed by atoms with Crippen molar-refractivity contribution in [3.63, 3.8) is 0 Å². The number of rotatable bonds is 5. The van der Waals surface area contributed by atoms with Gasteiger partial charge in [0.2, 0.25) is 11.2 Å². The lowest BCUT2D eigenvalue weighted by Crippen LogP contribution is -2.22. The van der Waals surface area contributed by atoms with Gasteiger partial charge in [-0.15, -0.1) is 0 Å². The van der Waals surface area contributed by atoms with E-state index in [0.717, 1.165) is 5.56 Å². The van der Waals surface area contributed by atoms with Crippen LogP contribution in [0.2, 0.25) is 5.02 Å². The monoisotopic (exact) mass is 373 g/mol. The number of carbonyl (C=O) groups excluding carboxylic acids is 1. The third-order valence-corrected chi connectivity index (χ3v) is 4.25. The Balaban J connectivity index is 2.26. The van der Waals surface area contributed by atoms with Crippen molar-refractivity contribution in [2.75, 3.05) is 13.7 Å². The van der Waals surface area contributed by atoms with E-state index < -0.39 is 17.9 Å². The van der Waals surface area contributed by atoms with Crippen molar-refractivity contribution in [2.45, 2.75) is 6.92 Å². The van der Waals surface area contributed by atoms with E-state index >= 15 is 0 Å². The van der Waals surface area contributed by atoms with Gasteiger partial charge in [0.15, 0.2) is 12.4 Å². The molecule has 2 aromatic carbocycles. The first-order valence-corrected chi connectivity index (χ1v) is 8.11. The molecule has 6 nitrogen and oxygen atoms in total. The van der Waals surface area contributed by atoms with Gasteiger partial charge in [-0.1, -0.05) is 11.6 Å². The first-order chi connectivity index (χ1) is 12.4. The molecule has 0 saturated heterocycles. The molecule has 0 spiro atoms. The number of nitrogens with two attached hydrogens (primary N) is 1. The summed E-state index contributed by atoms with van der Waals surface area (Å²) < 4.78 is 16.4. The van der Waals surface area contributed by atoms with Gasteiger partial charge in [0.05, 0.1) is 12.5 Å². The second-order valence-corrected chi connectivity index (χ2v) is 6.08. The summed E-state index contributed by atoms with van der Waals surface area (Å²) in [6, 6.07) is 10.1. The van der Waals surface area contributed by atoms with Crippen LogP contribution in [0.25, 0.3) is 22.3 Å². The highest BCUT2D eigenvalue weighted by atomic mass is 35.5. The molecule has 0 aliphatic heterocycles. The van der Waals surface area contributed by atoms with E-state index in [1.807, 2.05) is 6.92 Å². The van der Waals surface area contributed by atoms with E-state index in [2.05, 4.69) is 0 Å². The van der Waals surface area contributed by atoms with Gasteiger partial charge in [0, 0.05) is 10.6 Å². The number of aryl methyl sites for hydroxylation is 1. The molecule has 3 aromatic rings. The molecule has 1 amide bonds. The lowest BCUT2D eigenvalue weighted by molar-refractivity contribution is -0.119. The van der Waals surface area contributed by atoms with Crippen molar-refractivity contribution < 1.29 is 18.7 Å². The highest BCUT2D eigenvalue weighted by Gasteiger charge is 2.19. The minimum absolute atomic E-state index is 0.0959. The molecule has 3 rings (SSSR count). The lowest BCUT2D eigenvalue weighted by atomic mass is 10.1. The molecule has 134 valence electrons. The van der Waals surface area contributed by atoms with Crippen LogP contribution in [-0.4, -0.2) is 19.6 Å². The van der Waals surface area contributed by atoms with Crippen LogP contribution in [0.3, 0.4) is 0 Å². The Hall–Kier alpha value is -2.99. The molecule has 0 unspecified atom stereocenters. The highest BCUT2D eigenvalue weighted by Crippen LogP contribution is 2.33. The Morgan fingerprint density at radius 2 is 1.92 bits per heavy atom. The smallest absolute Gasteiger partial charge is 0.255 e. The van der Waals surface area contributed by atoms with Crippen LogP contribution in [0.1, 0.15) is 5.56 Å². The van der Waals surface area contributed by atoms with E-state index in [1.54, 1.807) is 37.4 Å². The van der Waals surface area contributed by atoms with Crippen LogP contribution in [0.4, 0.5) is 0 Å². The van der Waals surface area contributed by atoms with Gasteiger partial charge in [-0.25, -0.2) is 0 Å². The number of carbonyl (C=O) groups is 1. The number of ether oxygens (including phenoxy) is 2. The molecule has 0 aliphatic rings. The van der Waals surface area contributed by atoms with Crippen LogP contribution in [-0.2, 0) is 4.79 Å². The Labute approximate surface area is 154 Å². The average molecular weight is 374 g/mol. The van der Waals surface area contributed by atoms with Crippen molar-refractivity contribution in [1.82, 2.24) is 0 Å². The Morgan fingerprint density at radius 3 is 2.54 bits per heavy atom. The van der Waals surface area contributed by atoms with E-state index in [9.17, 15) is 9.59 Å². The summed E-state index contributed by atoms with van der Waals surface area (Å²) in [4.78, 5) is 24.0. The molecule has 0 atom stereocenters. The van der Waals surface area contributed by atoms with Gasteiger partial charge in [0.25, 0.3) is 5.91 Å². The SMILES string of the molecule is COc1ccc(-c2oc3cc(C)c(Cl)cc3c(=O)c2OCC(N)=O)cc1. The van der Waals surface area contributed by atoms with Crippen LogP contribution >= 0.6 is 11.6 Å². The Morgan fingerprint density at radius 1 is 1.23 bits per heavy atom. The van der Waals surface area contributed by atoms with Crippen molar-refractivity contribution in [3.05, 3.63) is 57.2 Å². The summed E-state index contributed by atoms with van der Waals surface area (Å²) in [6.45, 7) is 1.37. The standard InChI is InChI=1S/C19H16ClNO5/c1-10-7-15-13(8-14(10)20)17(23)19(25-9-16(21)22)18(26-15)11-3-5-12(24-2)6-4-11/h3-8H,9H2,1-2H3,(H2,21,22).